The van der Waals surface area contributed by atoms with Gasteiger partial charge < -0.3 is 20.5 Å². The highest BCUT2D eigenvalue weighted by atomic mass is 19.1. The van der Waals surface area contributed by atoms with Crippen LogP contribution in [-0.4, -0.2) is 30.9 Å². The number of amides is 2. The third-order valence-electron chi connectivity index (χ3n) is 2.72. The molecular formula is C14H21FN2O3. The lowest BCUT2D eigenvalue weighted by Crippen LogP contribution is -2.40. The number of hydrogen-bond donors (Lipinski definition) is 3. The Balaban J connectivity index is 2.59. The molecule has 1 rings (SSSR count). The lowest BCUT2D eigenvalue weighted by Gasteiger charge is -2.18. The van der Waals surface area contributed by atoms with Crippen molar-refractivity contribution in [1.29, 1.82) is 0 Å². The summed E-state index contributed by atoms with van der Waals surface area (Å²) in [5, 5.41) is 14.3. The minimum Gasteiger partial charge on any atom is -0.494 e. The summed E-state index contributed by atoms with van der Waals surface area (Å²) in [6.07, 6.45) is 0.668. The van der Waals surface area contributed by atoms with Crippen LogP contribution in [0.15, 0.2) is 18.2 Å². The van der Waals surface area contributed by atoms with Crippen molar-refractivity contribution in [3.8, 4) is 5.75 Å². The Hall–Kier alpha value is -1.82. The topological polar surface area (TPSA) is 70.6 Å². The Bertz CT molecular complexity index is 452. The van der Waals surface area contributed by atoms with E-state index in [-0.39, 0.29) is 18.4 Å². The summed E-state index contributed by atoms with van der Waals surface area (Å²) < 4.78 is 18.3. The van der Waals surface area contributed by atoms with Crippen molar-refractivity contribution < 1.29 is 19.0 Å². The second-order valence-electron chi connectivity index (χ2n) is 4.96. The van der Waals surface area contributed by atoms with Gasteiger partial charge in [-0.15, -0.1) is 0 Å². The van der Waals surface area contributed by atoms with E-state index in [1.165, 1.54) is 25.3 Å². The zero-order valence-corrected chi connectivity index (χ0v) is 11.9. The van der Waals surface area contributed by atoms with Crippen LogP contribution in [0.3, 0.4) is 0 Å². The first kappa shape index (κ1) is 16.2. The molecule has 1 aromatic carbocycles. The first-order chi connectivity index (χ1) is 9.46. The molecule has 2 amide bonds. The number of methoxy groups -OCH3 is 1. The molecule has 5 nitrogen and oxygen atoms in total. The van der Waals surface area contributed by atoms with Gasteiger partial charge >= 0.3 is 6.03 Å². The van der Waals surface area contributed by atoms with Gasteiger partial charge in [-0.05, 0) is 24.5 Å². The van der Waals surface area contributed by atoms with Crippen LogP contribution >= 0.6 is 0 Å². The number of rotatable bonds is 6. The number of aliphatic hydroxyl groups is 1. The Morgan fingerprint density at radius 1 is 1.45 bits per heavy atom. The standard InChI is InChI=1S/C14H21FN2O3/c1-9(2)6-11(8-18)17-14(19)16-10-4-5-13(20-3)12(15)7-10/h4-5,7,9,11,18H,6,8H2,1-3H3,(H2,16,17,19). The van der Waals surface area contributed by atoms with Crippen molar-refractivity contribution in [2.45, 2.75) is 26.3 Å². The summed E-state index contributed by atoms with van der Waals surface area (Å²) in [5.74, 6) is -0.0823. The summed E-state index contributed by atoms with van der Waals surface area (Å²) in [6.45, 7) is 3.87. The molecule has 0 aliphatic rings. The van der Waals surface area contributed by atoms with Crippen molar-refractivity contribution in [3.05, 3.63) is 24.0 Å². The molecule has 0 bridgehead atoms. The fraction of sp³-hybridized carbons (Fsp3) is 0.500. The number of carbonyl (C=O) groups is 1. The Kier molecular flexibility index (Phi) is 6.24. The largest absolute Gasteiger partial charge is 0.494 e. The highest BCUT2D eigenvalue weighted by Crippen LogP contribution is 2.20. The molecule has 1 atom stereocenters. The van der Waals surface area contributed by atoms with Gasteiger partial charge in [0.1, 0.15) is 0 Å². The van der Waals surface area contributed by atoms with Gasteiger partial charge in [0.05, 0.1) is 19.8 Å². The molecule has 0 spiro atoms. The first-order valence-electron chi connectivity index (χ1n) is 6.48. The van der Waals surface area contributed by atoms with Crippen LogP contribution in [0.25, 0.3) is 0 Å². The molecule has 0 aromatic heterocycles. The molecule has 0 saturated heterocycles. The normalized spacial score (nSPS) is 12.1. The number of urea groups is 1. The molecule has 0 heterocycles. The summed E-state index contributed by atoms with van der Waals surface area (Å²) in [5.41, 5.74) is 0.321. The van der Waals surface area contributed by atoms with Gasteiger partial charge in [0.25, 0.3) is 0 Å². The highest BCUT2D eigenvalue weighted by Gasteiger charge is 2.13. The maximum absolute atomic E-state index is 13.5. The second kappa shape index (κ2) is 7.69. The first-order valence-corrected chi connectivity index (χ1v) is 6.48. The minimum absolute atomic E-state index is 0.115. The number of aliphatic hydroxyl groups excluding tert-OH is 1. The third-order valence-corrected chi connectivity index (χ3v) is 2.72. The van der Waals surface area contributed by atoms with Gasteiger partial charge in [0.2, 0.25) is 0 Å². The second-order valence-corrected chi connectivity index (χ2v) is 4.96. The lowest BCUT2D eigenvalue weighted by molar-refractivity contribution is 0.214. The van der Waals surface area contributed by atoms with E-state index in [0.29, 0.717) is 18.0 Å². The Morgan fingerprint density at radius 3 is 2.65 bits per heavy atom. The zero-order valence-electron chi connectivity index (χ0n) is 11.9. The number of benzene rings is 1. The quantitative estimate of drug-likeness (QED) is 0.751. The van der Waals surface area contributed by atoms with E-state index < -0.39 is 11.8 Å². The van der Waals surface area contributed by atoms with Gasteiger partial charge in [-0.2, -0.15) is 0 Å². The van der Waals surface area contributed by atoms with Crippen LogP contribution in [0.4, 0.5) is 14.9 Å². The van der Waals surface area contributed by atoms with Crippen LogP contribution in [0.2, 0.25) is 0 Å². The van der Waals surface area contributed by atoms with E-state index in [9.17, 15) is 14.3 Å². The van der Waals surface area contributed by atoms with Crippen LogP contribution < -0.4 is 15.4 Å². The predicted molar refractivity (Wildman–Crippen MR) is 75.4 cm³/mol. The Labute approximate surface area is 118 Å². The van der Waals surface area contributed by atoms with Gasteiger partial charge in [-0.1, -0.05) is 13.8 Å². The number of ether oxygens (including phenoxy) is 1. The number of carbonyl (C=O) groups excluding carboxylic acids is 1. The van der Waals surface area contributed by atoms with Crippen molar-refractivity contribution >= 4 is 11.7 Å². The van der Waals surface area contributed by atoms with Gasteiger partial charge in [0, 0.05) is 11.8 Å². The van der Waals surface area contributed by atoms with E-state index in [1.807, 2.05) is 13.8 Å². The maximum Gasteiger partial charge on any atom is 0.319 e. The van der Waals surface area contributed by atoms with Crippen molar-refractivity contribution in [1.82, 2.24) is 5.32 Å². The van der Waals surface area contributed by atoms with Crippen molar-refractivity contribution in [2.24, 2.45) is 5.92 Å². The van der Waals surface area contributed by atoms with E-state index >= 15 is 0 Å². The number of hydrogen-bond acceptors (Lipinski definition) is 3. The molecular weight excluding hydrogens is 263 g/mol. The number of halogens is 1. The summed E-state index contributed by atoms with van der Waals surface area (Å²) in [6, 6.07) is 3.35. The molecule has 0 aliphatic heterocycles. The number of nitrogens with one attached hydrogen (secondary N) is 2. The lowest BCUT2D eigenvalue weighted by atomic mass is 10.0. The molecule has 0 radical (unpaired) electrons. The summed E-state index contributed by atoms with van der Waals surface area (Å²) in [7, 11) is 1.37. The molecule has 112 valence electrons. The summed E-state index contributed by atoms with van der Waals surface area (Å²) in [4.78, 5) is 11.7. The highest BCUT2D eigenvalue weighted by molar-refractivity contribution is 5.89. The average Bonchev–Trinajstić information content (AvgIpc) is 2.37. The number of anilines is 1. The molecule has 1 aromatic rings. The average molecular weight is 284 g/mol. The van der Waals surface area contributed by atoms with Crippen LogP contribution in [-0.2, 0) is 0 Å². The monoisotopic (exact) mass is 284 g/mol. The molecule has 0 saturated carbocycles. The van der Waals surface area contributed by atoms with Gasteiger partial charge in [-0.25, -0.2) is 9.18 Å². The molecule has 0 fully saturated rings. The van der Waals surface area contributed by atoms with E-state index in [4.69, 9.17) is 4.74 Å². The van der Waals surface area contributed by atoms with E-state index in [0.717, 1.165) is 0 Å². The molecule has 0 aliphatic carbocycles. The van der Waals surface area contributed by atoms with Crippen molar-refractivity contribution in [2.75, 3.05) is 19.0 Å². The van der Waals surface area contributed by atoms with E-state index in [1.54, 1.807) is 0 Å². The Morgan fingerprint density at radius 2 is 2.15 bits per heavy atom. The molecule has 6 heteroatoms. The molecule has 20 heavy (non-hydrogen) atoms. The van der Waals surface area contributed by atoms with Gasteiger partial charge in [0.15, 0.2) is 11.6 Å². The summed E-state index contributed by atoms with van der Waals surface area (Å²) >= 11 is 0. The minimum atomic E-state index is -0.550. The fourth-order valence-corrected chi connectivity index (χ4v) is 1.84. The van der Waals surface area contributed by atoms with Crippen molar-refractivity contribution in [3.63, 3.8) is 0 Å². The molecule has 3 N–H and O–H groups in total. The predicted octanol–water partition coefficient (Wildman–Crippen LogP) is 2.36. The SMILES string of the molecule is COc1ccc(NC(=O)NC(CO)CC(C)C)cc1F. The maximum atomic E-state index is 13.5. The fourth-order valence-electron chi connectivity index (χ4n) is 1.84. The van der Waals surface area contributed by atoms with Crippen LogP contribution in [0, 0.1) is 11.7 Å². The molecule has 1 unspecified atom stereocenters. The third kappa shape index (κ3) is 5.05. The van der Waals surface area contributed by atoms with Crippen LogP contribution in [0.5, 0.6) is 5.75 Å². The van der Waals surface area contributed by atoms with Gasteiger partial charge in [-0.3, -0.25) is 0 Å². The van der Waals surface area contributed by atoms with E-state index in [2.05, 4.69) is 10.6 Å². The zero-order chi connectivity index (χ0) is 15.1. The smallest absolute Gasteiger partial charge is 0.319 e. The van der Waals surface area contributed by atoms with Crippen LogP contribution in [0.1, 0.15) is 20.3 Å².